The van der Waals surface area contributed by atoms with Gasteiger partial charge in [-0.15, -0.1) is 0 Å². The fourth-order valence-electron chi connectivity index (χ4n) is 2.00. The van der Waals surface area contributed by atoms with Gasteiger partial charge in [-0.25, -0.2) is 5.43 Å². The molecule has 2 aromatic carbocycles. The van der Waals surface area contributed by atoms with Gasteiger partial charge in [-0.05, 0) is 30.7 Å². The van der Waals surface area contributed by atoms with Crippen LogP contribution < -0.4 is 15.3 Å². The molecule has 0 aliphatic carbocycles. The van der Waals surface area contributed by atoms with E-state index in [1.165, 1.54) is 13.2 Å². The van der Waals surface area contributed by atoms with Crippen LogP contribution in [0.4, 0.5) is 5.69 Å². The second kappa shape index (κ2) is 7.63. The third-order valence-electron chi connectivity index (χ3n) is 3.22. The van der Waals surface area contributed by atoms with Gasteiger partial charge in [0.15, 0.2) is 0 Å². The van der Waals surface area contributed by atoms with Crippen LogP contribution in [0.5, 0.6) is 11.5 Å². The van der Waals surface area contributed by atoms with E-state index in [-0.39, 0.29) is 21.9 Å². The Kier molecular flexibility index (Phi) is 5.56. The van der Waals surface area contributed by atoms with E-state index in [2.05, 4.69) is 10.5 Å². The predicted molar refractivity (Wildman–Crippen MR) is 90.3 cm³/mol. The second-order valence-corrected chi connectivity index (χ2v) is 5.42. The van der Waals surface area contributed by atoms with E-state index in [1.54, 1.807) is 18.2 Å². The number of halogens is 1. The molecule has 0 aliphatic heterocycles. The van der Waals surface area contributed by atoms with Gasteiger partial charge in [-0.2, -0.15) is 5.10 Å². The van der Waals surface area contributed by atoms with Crippen molar-refractivity contribution in [2.24, 2.45) is 5.10 Å². The maximum atomic E-state index is 12.0. The highest BCUT2D eigenvalue weighted by molar-refractivity contribution is 6.33. The van der Waals surface area contributed by atoms with Crippen molar-refractivity contribution in [1.82, 2.24) is 5.43 Å². The average Bonchev–Trinajstić information content (AvgIpc) is 2.55. The molecule has 130 valence electrons. The number of nitro groups is 1. The molecule has 0 bridgehead atoms. The van der Waals surface area contributed by atoms with Gasteiger partial charge in [0.25, 0.3) is 11.6 Å². The Balaban J connectivity index is 2.20. The maximum absolute atomic E-state index is 12.0. The number of carbonyl (C=O) groups is 1. The molecule has 0 fully saturated rings. The summed E-state index contributed by atoms with van der Waals surface area (Å²) in [5.41, 5.74) is 2.99. The van der Waals surface area contributed by atoms with Crippen molar-refractivity contribution >= 4 is 29.4 Å². The van der Waals surface area contributed by atoms with E-state index >= 15 is 0 Å². The molecule has 0 aromatic heterocycles. The van der Waals surface area contributed by atoms with Crippen LogP contribution in [0.15, 0.2) is 35.4 Å². The lowest BCUT2D eigenvalue weighted by Gasteiger charge is -2.12. The second-order valence-electron chi connectivity index (χ2n) is 5.01. The van der Waals surface area contributed by atoms with Crippen molar-refractivity contribution in [3.8, 4) is 11.5 Å². The predicted octanol–water partition coefficient (Wildman–Crippen LogP) is 2.40. The fraction of sp³-hybridized carbons (Fsp3) is 0.125. The Hall–Kier alpha value is -3.13. The molecular formula is C16H13ClN3O5-. The van der Waals surface area contributed by atoms with Crippen LogP contribution in [0.25, 0.3) is 0 Å². The molecule has 2 rings (SSSR count). The van der Waals surface area contributed by atoms with Crippen LogP contribution in [0.2, 0.25) is 5.02 Å². The van der Waals surface area contributed by atoms with Gasteiger partial charge in [0, 0.05) is 17.4 Å². The number of nitrogens with one attached hydrogen (secondary N) is 1. The van der Waals surface area contributed by atoms with Gasteiger partial charge in [-0.1, -0.05) is 17.7 Å². The molecule has 0 radical (unpaired) electrons. The summed E-state index contributed by atoms with van der Waals surface area (Å²) in [6, 6.07) is 7.25. The van der Waals surface area contributed by atoms with Crippen molar-refractivity contribution in [3.05, 3.63) is 62.2 Å². The molecule has 25 heavy (non-hydrogen) atoms. The summed E-state index contributed by atoms with van der Waals surface area (Å²) in [7, 11) is 1.22. The summed E-state index contributed by atoms with van der Waals surface area (Å²) >= 11 is 5.99. The SMILES string of the molecule is COc1cc(/C=N\NC(=O)c2ccc(C)cc2Cl)cc([N+](=O)[O-])c1[O-]. The molecule has 0 saturated carbocycles. The van der Waals surface area contributed by atoms with Crippen LogP contribution in [-0.2, 0) is 0 Å². The molecule has 1 amide bonds. The Morgan fingerprint density at radius 1 is 1.36 bits per heavy atom. The number of aryl methyl sites for hydroxylation is 1. The van der Waals surface area contributed by atoms with Crippen molar-refractivity contribution in [2.45, 2.75) is 6.92 Å². The molecule has 0 spiro atoms. The molecule has 0 aliphatic rings. The van der Waals surface area contributed by atoms with Crippen molar-refractivity contribution < 1.29 is 19.6 Å². The standard InChI is InChI=1S/C16H14ClN3O5/c1-9-3-4-11(12(17)5-9)16(22)19-18-8-10-6-13(20(23)24)15(21)14(7-10)25-2/h3-8,21H,1-2H3,(H,19,22)/p-1/b18-8-. The number of nitrogens with zero attached hydrogens (tertiary/aromatic N) is 2. The van der Waals surface area contributed by atoms with Crippen LogP contribution in [0, 0.1) is 17.0 Å². The number of rotatable bonds is 5. The van der Waals surface area contributed by atoms with E-state index < -0.39 is 22.3 Å². The highest BCUT2D eigenvalue weighted by atomic mass is 35.5. The van der Waals surface area contributed by atoms with Gasteiger partial charge < -0.3 is 9.84 Å². The molecule has 0 atom stereocenters. The first-order chi connectivity index (χ1) is 11.8. The normalized spacial score (nSPS) is 10.7. The number of hydrogen-bond donors (Lipinski definition) is 1. The lowest BCUT2D eigenvalue weighted by molar-refractivity contribution is -0.398. The van der Waals surface area contributed by atoms with Crippen molar-refractivity contribution in [1.29, 1.82) is 0 Å². The van der Waals surface area contributed by atoms with E-state index in [0.29, 0.717) is 0 Å². The lowest BCUT2D eigenvalue weighted by Crippen LogP contribution is -2.18. The summed E-state index contributed by atoms with van der Waals surface area (Å²) in [6.45, 7) is 1.84. The lowest BCUT2D eigenvalue weighted by atomic mass is 10.1. The average molecular weight is 363 g/mol. The Labute approximate surface area is 147 Å². The minimum atomic E-state index is -0.833. The molecule has 2 aromatic rings. The van der Waals surface area contributed by atoms with Gasteiger partial charge >= 0.3 is 0 Å². The number of nitro benzene ring substituents is 1. The zero-order chi connectivity index (χ0) is 18.6. The monoisotopic (exact) mass is 362 g/mol. The molecular weight excluding hydrogens is 350 g/mol. The molecule has 0 saturated heterocycles. The summed E-state index contributed by atoms with van der Waals surface area (Å²) in [5.74, 6) is -1.56. The number of hydrogen-bond acceptors (Lipinski definition) is 6. The number of methoxy groups -OCH3 is 1. The van der Waals surface area contributed by atoms with Crippen LogP contribution in [0.3, 0.4) is 0 Å². The van der Waals surface area contributed by atoms with Gasteiger partial charge in [-0.3, -0.25) is 14.9 Å². The highest BCUT2D eigenvalue weighted by Crippen LogP contribution is 2.33. The first-order valence-electron chi connectivity index (χ1n) is 6.96. The van der Waals surface area contributed by atoms with E-state index in [1.807, 2.05) is 6.92 Å². The Bertz CT molecular complexity index is 867. The van der Waals surface area contributed by atoms with Crippen LogP contribution in [-0.4, -0.2) is 24.2 Å². The molecule has 0 heterocycles. The number of hydrazone groups is 1. The zero-order valence-electron chi connectivity index (χ0n) is 13.3. The fourth-order valence-corrected chi connectivity index (χ4v) is 2.32. The number of ether oxygens (including phenoxy) is 1. The van der Waals surface area contributed by atoms with Gasteiger partial charge in [0.2, 0.25) is 0 Å². The Morgan fingerprint density at radius 2 is 2.08 bits per heavy atom. The third-order valence-corrected chi connectivity index (χ3v) is 3.54. The first-order valence-corrected chi connectivity index (χ1v) is 7.34. The number of benzene rings is 2. The van der Waals surface area contributed by atoms with Gasteiger partial charge in [0.05, 0.1) is 28.8 Å². The molecule has 9 heteroatoms. The van der Waals surface area contributed by atoms with Crippen molar-refractivity contribution in [3.63, 3.8) is 0 Å². The Morgan fingerprint density at radius 3 is 2.68 bits per heavy atom. The zero-order valence-corrected chi connectivity index (χ0v) is 14.0. The number of amides is 1. The van der Waals surface area contributed by atoms with Crippen LogP contribution >= 0.6 is 11.6 Å². The van der Waals surface area contributed by atoms with Gasteiger partial charge in [0.1, 0.15) is 5.75 Å². The third kappa shape index (κ3) is 4.24. The van der Waals surface area contributed by atoms with E-state index in [0.717, 1.165) is 17.8 Å². The summed E-state index contributed by atoms with van der Waals surface area (Å²) in [4.78, 5) is 22.1. The van der Waals surface area contributed by atoms with Crippen molar-refractivity contribution in [2.75, 3.05) is 7.11 Å². The smallest absolute Gasteiger partial charge is 0.272 e. The molecule has 0 unspecified atom stereocenters. The number of carbonyl (C=O) groups excluding carboxylic acids is 1. The summed E-state index contributed by atoms with van der Waals surface area (Å²) in [6.07, 6.45) is 1.16. The minimum absolute atomic E-state index is 0.191. The largest absolute Gasteiger partial charge is 0.865 e. The first kappa shape index (κ1) is 18.2. The van der Waals surface area contributed by atoms with E-state index in [9.17, 15) is 20.0 Å². The van der Waals surface area contributed by atoms with E-state index in [4.69, 9.17) is 16.3 Å². The minimum Gasteiger partial charge on any atom is -0.865 e. The maximum Gasteiger partial charge on any atom is 0.272 e. The molecule has 1 N–H and O–H groups in total. The summed E-state index contributed by atoms with van der Waals surface area (Å²) in [5, 5.41) is 26.6. The topological polar surface area (TPSA) is 117 Å². The van der Waals surface area contributed by atoms with Crippen LogP contribution in [0.1, 0.15) is 21.5 Å². The highest BCUT2D eigenvalue weighted by Gasteiger charge is 2.13. The quantitative estimate of drug-likeness (QED) is 0.498. The summed E-state index contributed by atoms with van der Waals surface area (Å²) < 4.78 is 4.82. The molecule has 8 nitrogen and oxygen atoms in total.